The molecule has 1 heterocycles. The molecule has 2 rings (SSSR count). The summed E-state index contributed by atoms with van der Waals surface area (Å²) in [7, 11) is -2.19. The number of amides is 1. The summed E-state index contributed by atoms with van der Waals surface area (Å²) in [5.74, 6) is 0.142. The highest BCUT2D eigenvalue weighted by Crippen LogP contribution is 2.31. The molecule has 8 heteroatoms. The number of carbonyl (C=O) groups excluding carboxylic acids is 1. The van der Waals surface area contributed by atoms with Gasteiger partial charge in [-0.25, -0.2) is 13.1 Å². The molecule has 116 valence electrons. The van der Waals surface area contributed by atoms with Crippen LogP contribution in [0.5, 0.6) is 5.75 Å². The Morgan fingerprint density at radius 1 is 1.48 bits per heavy atom. The van der Waals surface area contributed by atoms with Crippen molar-refractivity contribution in [2.24, 2.45) is 0 Å². The lowest BCUT2D eigenvalue weighted by Gasteiger charge is -2.23. The molecule has 0 aromatic heterocycles. The highest BCUT2D eigenvalue weighted by Gasteiger charge is 2.26. The summed E-state index contributed by atoms with van der Waals surface area (Å²) in [6.07, 6.45) is -0.597. The minimum absolute atomic E-state index is 0.0580. The van der Waals surface area contributed by atoms with E-state index in [1.165, 1.54) is 25.3 Å². The lowest BCUT2D eigenvalue weighted by molar-refractivity contribution is -0.122. The molecule has 1 aromatic carbocycles. The van der Waals surface area contributed by atoms with Gasteiger partial charge in [0.15, 0.2) is 6.10 Å². The second-order valence-corrected chi connectivity index (χ2v) is 6.60. The van der Waals surface area contributed by atoms with Gasteiger partial charge in [-0.1, -0.05) is 0 Å². The van der Waals surface area contributed by atoms with Crippen LogP contribution >= 0.6 is 0 Å². The van der Waals surface area contributed by atoms with Crippen LogP contribution in [0.15, 0.2) is 23.1 Å². The number of hydrogen-bond donors (Lipinski definition) is 2. The first-order chi connectivity index (χ1) is 9.83. The Balaban J connectivity index is 2.26. The molecule has 2 N–H and O–H groups in total. The van der Waals surface area contributed by atoms with Crippen LogP contribution in [-0.2, 0) is 19.6 Å². The number of ether oxygens (including phenoxy) is 2. The predicted octanol–water partition coefficient (Wildman–Crippen LogP) is 0.719. The number of sulfonamides is 1. The van der Waals surface area contributed by atoms with Gasteiger partial charge in [0, 0.05) is 13.2 Å². The van der Waals surface area contributed by atoms with Gasteiger partial charge in [-0.15, -0.1) is 0 Å². The standard InChI is InChI=1S/C13H18N2O5S/c1-8(7-19-3)15-21(17,18)10-4-5-12-11(6-10)14-13(16)9(2)20-12/h4-6,8-9,15H,7H2,1-3H3,(H,14,16)/t8-,9-/m0/s1. The van der Waals surface area contributed by atoms with Crippen LogP contribution in [0.1, 0.15) is 13.8 Å². The van der Waals surface area contributed by atoms with E-state index in [1.807, 2.05) is 0 Å². The first kappa shape index (κ1) is 15.7. The highest BCUT2D eigenvalue weighted by atomic mass is 32.2. The molecule has 0 unspecified atom stereocenters. The number of anilines is 1. The van der Waals surface area contributed by atoms with Crippen molar-refractivity contribution in [2.75, 3.05) is 19.0 Å². The molecular formula is C13H18N2O5S. The smallest absolute Gasteiger partial charge is 0.265 e. The van der Waals surface area contributed by atoms with E-state index in [1.54, 1.807) is 13.8 Å². The molecule has 0 saturated heterocycles. The van der Waals surface area contributed by atoms with Crippen LogP contribution in [-0.4, -0.2) is 40.2 Å². The van der Waals surface area contributed by atoms with E-state index in [0.29, 0.717) is 11.4 Å². The second kappa shape index (κ2) is 6.00. The maximum Gasteiger partial charge on any atom is 0.265 e. The van der Waals surface area contributed by atoms with Gasteiger partial charge in [-0.05, 0) is 32.0 Å². The zero-order valence-electron chi connectivity index (χ0n) is 12.0. The average Bonchev–Trinajstić information content (AvgIpc) is 2.39. The molecule has 0 aliphatic carbocycles. The zero-order valence-corrected chi connectivity index (χ0v) is 12.9. The number of methoxy groups -OCH3 is 1. The Hall–Kier alpha value is -1.64. The van der Waals surface area contributed by atoms with Gasteiger partial charge in [0.1, 0.15) is 5.75 Å². The molecule has 1 aliphatic heterocycles. The highest BCUT2D eigenvalue weighted by molar-refractivity contribution is 7.89. The van der Waals surface area contributed by atoms with Crippen molar-refractivity contribution in [1.29, 1.82) is 0 Å². The van der Waals surface area contributed by atoms with Gasteiger partial charge in [-0.2, -0.15) is 0 Å². The number of benzene rings is 1. The lowest BCUT2D eigenvalue weighted by Crippen LogP contribution is -2.36. The fourth-order valence-corrected chi connectivity index (χ4v) is 3.23. The molecule has 2 atom stereocenters. The summed E-state index contributed by atoms with van der Waals surface area (Å²) in [6, 6.07) is 3.98. The van der Waals surface area contributed by atoms with E-state index in [0.717, 1.165) is 0 Å². The first-order valence-electron chi connectivity index (χ1n) is 6.46. The zero-order chi connectivity index (χ0) is 15.6. The fourth-order valence-electron chi connectivity index (χ4n) is 1.97. The van der Waals surface area contributed by atoms with Gasteiger partial charge in [-0.3, -0.25) is 4.79 Å². The number of nitrogens with one attached hydrogen (secondary N) is 2. The maximum atomic E-state index is 12.2. The van der Waals surface area contributed by atoms with Crippen LogP contribution in [0.3, 0.4) is 0 Å². The minimum Gasteiger partial charge on any atom is -0.479 e. The van der Waals surface area contributed by atoms with Crippen LogP contribution in [0.25, 0.3) is 0 Å². The minimum atomic E-state index is -3.68. The molecular weight excluding hydrogens is 296 g/mol. The molecule has 7 nitrogen and oxygen atoms in total. The SMILES string of the molecule is COC[C@H](C)NS(=O)(=O)c1ccc2c(c1)NC(=O)[C@H](C)O2. The molecule has 0 bridgehead atoms. The summed E-state index contributed by atoms with van der Waals surface area (Å²) in [4.78, 5) is 11.6. The van der Waals surface area contributed by atoms with E-state index >= 15 is 0 Å². The molecule has 1 amide bonds. The molecule has 0 fully saturated rings. The van der Waals surface area contributed by atoms with E-state index in [-0.39, 0.29) is 23.5 Å². The van der Waals surface area contributed by atoms with Crippen LogP contribution in [0, 0.1) is 0 Å². The largest absolute Gasteiger partial charge is 0.479 e. The van der Waals surface area contributed by atoms with Crippen molar-refractivity contribution in [2.45, 2.75) is 30.9 Å². The Labute approximate surface area is 123 Å². The monoisotopic (exact) mass is 314 g/mol. The summed E-state index contributed by atoms with van der Waals surface area (Å²) in [6.45, 7) is 3.59. The van der Waals surface area contributed by atoms with Crippen LogP contribution in [0.2, 0.25) is 0 Å². The van der Waals surface area contributed by atoms with Gasteiger partial charge in [0.2, 0.25) is 10.0 Å². The Bertz CT molecular complexity index is 644. The average molecular weight is 314 g/mol. The van der Waals surface area contributed by atoms with Gasteiger partial charge < -0.3 is 14.8 Å². The van der Waals surface area contributed by atoms with E-state index in [4.69, 9.17) is 9.47 Å². The molecule has 0 spiro atoms. The Morgan fingerprint density at radius 3 is 2.86 bits per heavy atom. The maximum absolute atomic E-state index is 12.2. The third-order valence-corrected chi connectivity index (χ3v) is 4.55. The normalized spacial score (nSPS) is 19.4. The van der Waals surface area contributed by atoms with Crippen molar-refractivity contribution >= 4 is 21.6 Å². The number of carbonyl (C=O) groups is 1. The molecule has 0 radical (unpaired) electrons. The quantitative estimate of drug-likeness (QED) is 0.835. The van der Waals surface area contributed by atoms with Gasteiger partial charge >= 0.3 is 0 Å². The van der Waals surface area contributed by atoms with Crippen molar-refractivity contribution < 1.29 is 22.7 Å². The topological polar surface area (TPSA) is 93.7 Å². The van der Waals surface area contributed by atoms with E-state index < -0.39 is 16.1 Å². The van der Waals surface area contributed by atoms with Crippen molar-refractivity contribution in [1.82, 2.24) is 4.72 Å². The van der Waals surface area contributed by atoms with Gasteiger partial charge in [0.25, 0.3) is 5.91 Å². The predicted molar refractivity (Wildman–Crippen MR) is 76.8 cm³/mol. The third-order valence-electron chi connectivity index (χ3n) is 2.97. The van der Waals surface area contributed by atoms with Crippen LogP contribution < -0.4 is 14.8 Å². The van der Waals surface area contributed by atoms with Crippen molar-refractivity contribution in [3.63, 3.8) is 0 Å². The third kappa shape index (κ3) is 3.52. The Morgan fingerprint density at radius 2 is 2.19 bits per heavy atom. The fraction of sp³-hybridized carbons (Fsp3) is 0.462. The van der Waals surface area contributed by atoms with Crippen molar-refractivity contribution in [3.8, 4) is 5.75 Å². The van der Waals surface area contributed by atoms with E-state index in [9.17, 15) is 13.2 Å². The number of fused-ring (bicyclic) bond motifs is 1. The number of hydrogen-bond acceptors (Lipinski definition) is 5. The van der Waals surface area contributed by atoms with E-state index in [2.05, 4.69) is 10.0 Å². The summed E-state index contributed by atoms with van der Waals surface area (Å²) >= 11 is 0. The van der Waals surface area contributed by atoms with Crippen molar-refractivity contribution in [3.05, 3.63) is 18.2 Å². The molecule has 1 aliphatic rings. The van der Waals surface area contributed by atoms with Crippen LogP contribution in [0.4, 0.5) is 5.69 Å². The lowest BCUT2D eigenvalue weighted by atomic mass is 10.2. The Kier molecular flexibility index (Phi) is 4.50. The molecule has 0 saturated carbocycles. The molecule has 21 heavy (non-hydrogen) atoms. The first-order valence-corrected chi connectivity index (χ1v) is 7.94. The summed E-state index contributed by atoms with van der Waals surface area (Å²) < 4.78 is 37.2. The molecule has 1 aromatic rings. The second-order valence-electron chi connectivity index (χ2n) is 4.88. The summed E-state index contributed by atoms with van der Waals surface area (Å²) in [5.41, 5.74) is 0.348. The number of rotatable bonds is 5. The summed E-state index contributed by atoms with van der Waals surface area (Å²) in [5, 5.41) is 2.62. The van der Waals surface area contributed by atoms with Gasteiger partial charge in [0.05, 0.1) is 17.2 Å².